The van der Waals surface area contributed by atoms with E-state index in [1.807, 2.05) is 60.7 Å². The molecule has 0 radical (unpaired) electrons. The summed E-state index contributed by atoms with van der Waals surface area (Å²) in [5, 5.41) is 2.74. The van der Waals surface area contributed by atoms with Crippen LogP contribution >= 0.6 is 0 Å². The molecule has 23 heavy (non-hydrogen) atoms. The summed E-state index contributed by atoms with van der Waals surface area (Å²) in [4.78, 5) is 24.0. The van der Waals surface area contributed by atoms with Gasteiger partial charge in [-0.2, -0.15) is 0 Å². The van der Waals surface area contributed by atoms with E-state index in [0.717, 1.165) is 11.1 Å². The van der Waals surface area contributed by atoms with E-state index < -0.39 is 12.0 Å². The predicted octanol–water partition coefficient (Wildman–Crippen LogP) is 2.87. The molecule has 0 spiro atoms. The molecule has 1 atom stereocenters. The maximum atomic E-state index is 12.3. The van der Waals surface area contributed by atoms with Crippen LogP contribution in [0.15, 0.2) is 60.7 Å². The Morgan fingerprint density at radius 3 is 2.09 bits per heavy atom. The molecule has 0 aliphatic carbocycles. The zero-order chi connectivity index (χ0) is 16.5. The van der Waals surface area contributed by atoms with Crippen LogP contribution in [-0.2, 0) is 27.4 Å². The van der Waals surface area contributed by atoms with Gasteiger partial charge in [-0.15, -0.1) is 0 Å². The number of hydrogen-bond donors (Lipinski definition) is 1. The van der Waals surface area contributed by atoms with Crippen molar-refractivity contribution in [1.82, 2.24) is 5.32 Å². The van der Waals surface area contributed by atoms with Gasteiger partial charge in [-0.05, 0) is 11.1 Å². The largest absolute Gasteiger partial charge is 0.459 e. The Hall–Kier alpha value is -2.62. The van der Waals surface area contributed by atoms with Gasteiger partial charge in [-0.1, -0.05) is 67.6 Å². The Labute approximate surface area is 136 Å². The molecule has 0 fully saturated rings. The fourth-order valence-corrected chi connectivity index (χ4v) is 2.17. The van der Waals surface area contributed by atoms with Crippen LogP contribution < -0.4 is 5.32 Å². The second-order valence-electron chi connectivity index (χ2n) is 5.26. The summed E-state index contributed by atoms with van der Waals surface area (Å²) in [5.41, 5.74) is 1.90. The SMILES string of the molecule is CCC(=O)NC(Cc1ccccc1)C(=O)OCc1ccccc1. The molecular weight excluding hydrogens is 290 g/mol. The highest BCUT2D eigenvalue weighted by molar-refractivity contribution is 5.84. The first-order valence-corrected chi connectivity index (χ1v) is 7.73. The third kappa shape index (κ3) is 5.58. The monoisotopic (exact) mass is 311 g/mol. The third-order valence-electron chi connectivity index (χ3n) is 3.45. The van der Waals surface area contributed by atoms with Crippen molar-refractivity contribution < 1.29 is 14.3 Å². The van der Waals surface area contributed by atoms with E-state index in [1.54, 1.807) is 6.92 Å². The summed E-state index contributed by atoms with van der Waals surface area (Å²) in [6.45, 7) is 1.96. The Bertz CT molecular complexity index is 626. The normalized spacial score (nSPS) is 11.5. The van der Waals surface area contributed by atoms with E-state index in [1.165, 1.54) is 0 Å². The number of amides is 1. The van der Waals surface area contributed by atoms with Crippen LogP contribution in [-0.4, -0.2) is 17.9 Å². The molecule has 2 aromatic rings. The van der Waals surface area contributed by atoms with Crippen molar-refractivity contribution in [2.45, 2.75) is 32.4 Å². The van der Waals surface area contributed by atoms with Crippen LogP contribution in [0.4, 0.5) is 0 Å². The van der Waals surface area contributed by atoms with Crippen molar-refractivity contribution in [3.05, 3.63) is 71.8 Å². The molecule has 1 N–H and O–H groups in total. The number of hydrogen-bond acceptors (Lipinski definition) is 3. The quantitative estimate of drug-likeness (QED) is 0.800. The lowest BCUT2D eigenvalue weighted by Gasteiger charge is -2.17. The number of rotatable bonds is 7. The molecule has 2 rings (SSSR count). The molecule has 0 saturated heterocycles. The van der Waals surface area contributed by atoms with Gasteiger partial charge in [0.15, 0.2) is 0 Å². The molecule has 0 aromatic heterocycles. The molecule has 1 amide bonds. The van der Waals surface area contributed by atoms with E-state index in [0.29, 0.717) is 12.8 Å². The maximum absolute atomic E-state index is 12.3. The lowest BCUT2D eigenvalue weighted by molar-refractivity contribution is -0.149. The Kier molecular flexibility index (Phi) is 6.36. The number of carbonyl (C=O) groups is 2. The fourth-order valence-electron chi connectivity index (χ4n) is 2.17. The summed E-state index contributed by atoms with van der Waals surface area (Å²) in [6, 6.07) is 18.4. The van der Waals surface area contributed by atoms with Gasteiger partial charge in [0.25, 0.3) is 0 Å². The summed E-state index contributed by atoms with van der Waals surface area (Å²) in [7, 11) is 0. The minimum atomic E-state index is -0.673. The van der Waals surface area contributed by atoms with E-state index in [4.69, 9.17) is 4.74 Å². The van der Waals surface area contributed by atoms with E-state index >= 15 is 0 Å². The lowest BCUT2D eigenvalue weighted by Crippen LogP contribution is -2.43. The Balaban J connectivity index is 2.00. The summed E-state index contributed by atoms with van der Waals surface area (Å²) in [6.07, 6.45) is 0.747. The highest BCUT2D eigenvalue weighted by atomic mass is 16.5. The van der Waals surface area contributed by atoms with Gasteiger partial charge in [-0.25, -0.2) is 4.79 Å². The fraction of sp³-hybridized carbons (Fsp3) is 0.263. The number of ether oxygens (including phenoxy) is 1. The predicted molar refractivity (Wildman–Crippen MR) is 88.6 cm³/mol. The zero-order valence-electron chi connectivity index (χ0n) is 13.2. The van der Waals surface area contributed by atoms with Gasteiger partial charge in [0.2, 0.25) is 5.91 Å². The molecule has 4 heteroatoms. The lowest BCUT2D eigenvalue weighted by atomic mass is 10.1. The van der Waals surface area contributed by atoms with Crippen molar-refractivity contribution >= 4 is 11.9 Å². The zero-order valence-corrected chi connectivity index (χ0v) is 13.2. The van der Waals surface area contributed by atoms with Gasteiger partial charge in [0.05, 0.1) is 0 Å². The van der Waals surface area contributed by atoms with Crippen LogP contribution in [0.1, 0.15) is 24.5 Å². The van der Waals surface area contributed by atoms with Crippen molar-refractivity contribution in [3.63, 3.8) is 0 Å². The number of nitrogens with one attached hydrogen (secondary N) is 1. The smallest absolute Gasteiger partial charge is 0.329 e. The Morgan fingerprint density at radius 1 is 0.957 bits per heavy atom. The average molecular weight is 311 g/mol. The van der Waals surface area contributed by atoms with Crippen LogP contribution in [0, 0.1) is 0 Å². The van der Waals surface area contributed by atoms with Crippen LogP contribution in [0.2, 0.25) is 0 Å². The average Bonchev–Trinajstić information content (AvgIpc) is 2.60. The minimum Gasteiger partial charge on any atom is -0.459 e. The number of carbonyl (C=O) groups excluding carboxylic acids is 2. The highest BCUT2D eigenvalue weighted by Gasteiger charge is 2.22. The first-order valence-electron chi connectivity index (χ1n) is 7.73. The van der Waals surface area contributed by atoms with Crippen LogP contribution in [0.3, 0.4) is 0 Å². The summed E-state index contributed by atoms with van der Waals surface area (Å²) in [5.74, 6) is -0.581. The second kappa shape index (κ2) is 8.73. The van der Waals surface area contributed by atoms with Gasteiger partial charge in [-0.3, -0.25) is 4.79 Å². The van der Waals surface area contributed by atoms with Crippen molar-refractivity contribution in [2.75, 3.05) is 0 Å². The first kappa shape index (κ1) is 16.7. The molecule has 0 saturated carbocycles. The van der Waals surface area contributed by atoms with Crippen LogP contribution in [0.25, 0.3) is 0 Å². The number of esters is 1. The second-order valence-corrected chi connectivity index (χ2v) is 5.26. The minimum absolute atomic E-state index is 0.164. The van der Waals surface area contributed by atoms with Gasteiger partial charge in [0, 0.05) is 12.8 Å². The van der Waals surface area contributed by atoms with Gasteiger partial charge in [0.1, 0.15) is 12.6 Å². The highest BCUT2D eigenvalue weighted by Crippen LogP contribution is 2.07. The molecule has 0 heterocycles. The molecule has 0 bridgehead atoms. The molecule has 120 valence electrons. The van der Waals surface area contributed by atoms with Crippen molar-refractivity contribution in [3.8, 4) is 0 Å². The maximum Gasteiger partial charge on any atom is 0.329 e. The number of benzene rings is 2. The van der Waals surface area contributed by atoms with Crippen LogP contribution in [0.5, 0.6) is 0 Å². The molecule has 0 aliphatic rings. The standard InChI is InChI=1S/C19H21NO3/c1-2-18(21)20-17(13-15-9-5-3-6-10-15)19(22)23-14-16-11-7-4-8-12-16/h3-12,17H,2,13-14H2,1H3,(H,20,21). The third-order valence-corrected chi connectivity index (χ3v) is 3.45. The van der Waals surface area contributed by atoms with Crippen molar-refractivity contribution in [1.29, 1.82) is 0 Å². The topological polar surface area (TPSA) is 55.4 Å². The van der Waals surface area contributed by atoms with Crippen molar-refractivity contribution in [2.24, 2.45) is 0 Å². The molecule has 0 aliphatic heterocycles. The van der Waals surface area contributed by atoms with Gasteiger partial charge >= 0.3 is 5.97 Å². The van der Waals surface area contributed by atoms with Gasteiger partial charge < -0.3 is 10.1 Å². The summed E-state index contributed by atoms with van der Waals surface area (Å²) < 4.78 is 5.35. The van der Waals surface area contributed by atoms with E-state index in [2.05, 4.69) is 5.32 Å². The van der Waals surface area contributed by atoms with E-state index in [9.17, 15) is 9.59 Å². The molecule has 1 unspecified atom stereocenters. The molecule has 2 aromatic carbocycles. The molecular formula is C19H21NO3. The Morgan fingerprint density at radius 2 is 1.52 bits per heavy atom. The summed E-state index contributed by atoms with van der Waals surface area (Å²) >= 11 is 0. The molecule has 4 nitrogen and oxygen atoms in total. The first-order chi connectivity index (χ1) is 11.2. The van der Waals surface area contributed by atoms with E-state index in [-0.39, 0.29) is 12.5 Å².